The quantitative estimate of drug-likeness (QED) is 0.610. The van der Waals surface area contributed by atoms with Gasteiger partial charge >= 0.3 is 6.55 Å². The lowest BCUT2D eigenvalue weighted by Crippen LogP contribution is -2.39. The minimum Gasteiger partial charge on any atom is -0.351 e. The Bertz CT molecular complexity index is 972. The van der Waals surface area contributed by atoms with Crippen LogP contribution in [-0.4, -0.2) is 33.4 Å². The van der Waals surface area contributed by atoms with Crippen LogP contribution in [-0.2, 0) is 11.3 Å². The van der Waals surface area contributed by atoms with Gasteiger partial charge in [-0.3, -0.25) is 14.3 Å². The molecule has 1 atom stereocenters. The normalized spacial score (nSPS) is 12.7. The zero-order valence-electron chi connectivity index (χ0n) is 16.3. The number of halogens is 3. The summed E-state index contributed by atoms with van der Waals surface area (Å²) in [7, 11) is 0. The summed E-state index contributed by atoms with van der Waals surface area (Å²) >= 11 is 0. The van der Waals surface area contributed by atoms with Gasteiger partial charge in [0.25, 0.3) is 0 Å². The van der Waals surface area contributed by atoms with Crippen LogP contribution in [0.5, 0.6) is 0 Å². The van der Waals surface area contributed by atoms with Gasteiger partial charge in [0, 0.05) is 6.54 Å². The molecule has 0 saturated carbocycles. The van der Waals surface area contributed by atoms with Crippen molar-refractivity contribution < 1.29 is 18.0 Å². The number of hydrogen-bond donors (Lipinski definition) is 1. The van der Waals surface area contributed by atoms with Crippen LogP contribution >= 0.6 is 0 Å². The Kier molecular flexibility index (Phi) is 6.53. The van der Waals surface area contributed by atoms with Gasteiger partial charge in [-0.1, -0.05) is 31.2 Å². The number of carbonyl (C=O) groups is 1. The minimum absolute atomic E-state index is 0.0330. The number of aromatic nitrogens is 2. The second-order valence-electron chi connectivity index (χ2n) is 6.75. The molecule has 3 aromatic rings. The average Bonchev–Trinajstić information content (AvgIpc) is 3.11. The molecule has 0 spiro atoms. The molecular formula is C21H23F3N4O. The van der Waals surface area contributed by atoms with Crippen molar-refractivity contribution in [1.29, 1.82) is 0 Å². The van der Waals surface area contributed by atoms with Gasteiger partial charge in [-0.25, -0.2) is 9.37 Å². The van der Waals surface area contributed by atoms with E-state index >= 15 is 0 Å². The predicted molar refractivity (Wildman–Crippen MR) is 105 cm³/mol. The van der Waals surface area contributed by atoms with Crippen LogP contribution in [0.1, 0.15) is 37.8 Å². The van der Waals surface area contributed by atoms with Crippen molar-refractivity contribution in [3.05, 3.63) is 65.7 Å². The molecule has 3 rings (SSSR count). The third-order valence-electron chi connectivity index (χ3n) is 4.90. The van der Waals surface area contributed by atoms with E-state index in [9.17, 15) is 18.0 Å². The van der Waals surface area contributed by atoms with Gasteiger partial charge in [0.1, 0.15) is 11.6 Å². The summed E-state index contributed by atoms with van der Waals surface area (Å²) in [5, 5.41) is 2.78. The van der Waals surface area contributed by atoms with Gasteiger partial charge in [0.15, 0.2) is 0 Å². The standard InChI is InChI=1S/C21H23F3N4O/c1-3-27(13-19(29)25-12-15-8-10-16(22)11-9-15)14(2)20-26-17-6-4-5-7-18(17)28(20)21(23)24/h4-11,14,21H,3,12-13H2,1-2H3,(H,25,29). The van der Waals surface area contributed by atoms with Crippen molar-refractivity contribution in [3.63, 3.8) is 0 Å². The highest BCUT2D eigenvalue weighted by atomic mass is 19.3. The Morgan fingerprint density at radius 2 is 1.86 bits per heavy atom. The number of para-hydroxylation sites is 2. The van der Waals surface area contributed by atoms with Crippen LogP contribution in [0.25, 0.3) is 11.0 Å². The monoisotopic (exact) mass is 404 g/mol. The molecule has 0 radical (unpaired) electrons. The highest BCUT2D eigenvalue weighted by molar-refractivity contribution is 5.78. The molecule has 0 aliphatic carbocycles. The van der Waals surface area contributed by atoms with E-state index in [1.807, 2.05) is 6.92 Å². The third-order valence-corrected chi connectivity index (χ3v) is 4.90. The number of alkyl halides is 2. The zero-order valence-corrected chi connectivity index (χ0v) is 16.3. The molecule has 29 heavy (non-hydrogen) atoms. The van der Waals surface area contributed by atoms with E-state index in [1.165, 1.54) is 12.1 Å². The van der Waals surface area contributed by atoms with Crippen LogP contribution in [0.2, 0.25) is 0 Å². The summed E-state index contributed by atoms with van der Waals surface area (Å²) in [4.78, 5) is 18.5. The van der Waals surface area contributed by atoms with E-state index in [4.69, 9.17) is 0 Å². The highest BCUT2D eigenvalue weighted by Gasteiger charge is 2.26. The lowest BCUT2D eigenvalue weighted by Gasteiger charge is -2.27. The Hall–Kier alpha value is -2.87. The first-order valence-electron chi connectivity index (χ1n) is 9.41. The molecule has 0 fully saturated rings. The van der Waals surface area contributed by atoms with Crippen LogP contribution in [0.4, 0.5) is 13.2 Å². The Morgan fingerprint density at radius 3 is 2.52 bits per heavy atom. The maximum atomic E-state index is 13.7. The van der Waals surface area contributed by atoms with Crippen molar-refractivity contribution in [1.82, 2.24) is 19.8 Å². The molecule has 5 nitrogen and oxygen atoms in total. The summed E-state index contributed by atoms with van der Waals surface area (Å²) in [6, 6.07) is 12.1. The molecule has 154 valence electrons. The van der Waals surface area contributed by atoms with Crippen molar-refractivity contribution in [2.75, 3.05) is 13.1 Å². The molecule has 1 amide bonds. The second-order valence-corrected chi connectivity index (χ2v) is 6.75. The van der Waals surface area contributed by atoms with Crippen molar-refractivity contribution in [3.8, 4) is 0 Å². The van der Waals surface area contributed by atoms with E-state index in [0.29, 0.717) is 17.6 Å². The molecular weight excluding hydrogens is 381 g/mol. The molecule has 2 aromatic carbocycles. The first-order chi connectivity index (χ1) is 13.9. The van der Waals surface area contributed by atoms with Crippen molar-refractivity contribution in [2.24, 2.45) is 0 Å². The van der Waals surface area contributed by atoms with Gasteiger partial charge < -0.3 is 5.32 Å². The molecule has 0 bridgehead atoms. The fourth-order valence-corrected chi connectivity index (χ4v) is 3.29. The van der Waals surface area contributed by atoms with Crippen LogP contribution in [0.3, 0.4) is 0 Å². The Balaban J connectivity index is 1.72. The van der Waals surface area contributed by atoms with Crippen LogP contribution < -0.4 is 5.32 Å². The second kappa shape index (κ2) is 9.09. The fourth-order valence-electron chi connectivity index (χ4n) is 3.29. The van der Waals surface area contributed by atoms with Crippen LogP contribution in [0, 0.1) is 5.82 Å². The van der Waals surface area contributed by atoms with Crippen molar-refractivity contribution >= 4 is 16.9 Å². The Labute approximate surface area is 167 Å². The van der Waals surface area contributed by atoms with Gasteiger partial charge in [-0.15, -0.1) is 0 Å². The summed E-state index contributed by atoms with van der Waals surface area (Å²) in [6.45, 7) is 1.67. The number of imidazole rings is 1. The number of carbonyl (C=O) groups excluding carboxylic acids is 1. The minimum atomic E-state index is -2.73. The first-order valence-corrected chi connectivity index (χ1v) is 9.41. The number of nitrogens with one attached hydrogen (secondary N) is 1. The van der Waals surface area contributed by atoms with Crippen molar-refractivity contribution in [2.45, 2.75) is 33.0 Å². The molecule has 0 aliphatic rings. The number of likely N-dealkylation sites (N-methyl/N-ethyl adjacent to an activating group) is 1. The van der Waals surface area contributed by atoms with E-state index in [-0.39, 0.29) is 30.6 Å². The third kappa shape index (κ3) is 4.76. The summed E-state index contributed by atoms with van der Waals surface area (Å²) in [5.74, 6) is -0.370. The van der Waals surface area contributed by atoms with E-state index in [0.717, 1.165) is 10.1 Å². The maximum Gasteiger partial charge on any atom is 0.320 e. The average molecular weight is 404 g/mol. The van der Waals surface area contributed by atoms with E-state index in [1.54, 1.807) is 48.2 Å². The number of benzene rings is 2. The number of amides is 1. The lowest BCUT2D eigenvalue weighted by atomic mass is 10.2. The maximum absolute atomic E-state index is 13.7. The van der Waals surface area contributed by atoms with Gasteiger partial charge in [0.2, 0.25) is 5.91 Å². The van der Waals surface area contributed by atoms with Gasteiger partial charge in [-0.2, -0.15) is 8.78 Å². The fraction of sp³-hybridized carbons (Fsp3) is 0.333. The summed E-state index contributed by atoms with van der Waals surface area (Å²) in [6.07, 6.45) is 0. The molecule has 0 saturated heterocycles. The molecule has 1 unspecified atom stereocenters. The van der Waals surface area contributed by atoms with E-state index < -0.39 is 12.6 Å². The zero-order chi connectivity index (χ0) is 21.0. The van der Waals surface area contributed by atoms with Crippen LogP contribution in [0.15, 0.2) is 48.5 Å². The lowest BCUT2D eigenvalue weighted by molar-refractivity contribution is -0.122. The SMILES string of the molecule is CCN(CC(=O)NCc1ccc(F)cc1)C(C)c1nc2ccccc2n1C(F)F. The number of fused-ring (bicyclic) bond motifs is 1. The number of hydrogen-bond acceptors (Lipinski definition) is 3. The summed E-state index contributed by atoms with van der Waals surface area (Å²) in [5.41, 5.74) is 1.63. The predicted octanol–water partition coefficient (Wildman–Crippen LogP) is 4.27. The highest BCUT2D eigenvalue weighted by Crippen LogP contribution is 2.29. The number of nitrogens with zero attached hydrogens (tertiary/aromatic N) is 3. The molecule has 8 heteroatoms. The van der Waals surface area contributed by atoms with Gasteiger partial charge in [0.05, 0.1) is 23.6 Å². The van der Waals surface area contributed by atoms with Gasteiger partial charge in [-0.05, 0) is 43.3 Å². The molecule has 1 aromatic heterocycles. The smallest absolute Gasteiger partial charge is 0.320 e. The Morgan fingerprint density at radius 1 is 1.17 bits per heavy atom. The largest absolute Gasteiger partial charge is 0.351 e. The summed E-state index contributed by atoms with van der Waals surface area (Å²) < 4.78 is 41.3. The first kappa shape index (κ1) is 20.9. The topological polar surface area (TPSA) is 50.2 Å². The molecule has 0 aliphatic heterocycles. The molecule has 1 N–H and O–H groups in total. The van der Waals surface area contributed by atoms with E-state index in [2.05, 4.69) is 10.3 Å². The number of rotatable bonds is 8. The molecule has 1 heterocycles.